The summed E-state index contributed by atoms with van der Waals surface area (Å²) < 4.78 is 4.66. The number of hydrogen-bond donors (Lipinski definition) is 1. The number of nitrogens with one attached hydrogen (secondary N) is 1. The van der Waals surface area contributed by atoms with Gasteiger partial charge >= 0.3 is 5.97 Å². The standard InChI is InChI=1S/C13H20N2O2/c1-13(2)6-4-9(5-7-13)11-14-8-10(15-11)12(16)17-3/h8-9H,4-7H2,1-3H3,(H,14,15). The quantitative estimate of drug-likeness (QED) is 0.803. The van der Waals surface area contributed by atoms with E-state index in [0.717, 1.165) is 18.7 Å². The average Bonchev–Trinajstić information content (AvgIpc) is 2.77. The van der Waals surface area contributed by atoms with Gasteiger partial charge in [-0.2, -0.15) is 0 Å². The Kier molecular flexibility index (Phi) is 3.22. The van der Waals surface area contributed by atoms with E-state index in [2.05, 4.69) is 28.6 Å². The smallest absolute Gasteiger partial charge is 0.356 e. The highest BCUT2D eigenvalue weighted by Gasteiger charge is 2.29. The van der Waals surface area contributed by atoms with Gasteiger partial charge in [0.1, 0.15) is 11.5 Å². The SMILES string of the molecule is COC(=O)c1cnc(C2CCC(C)(C)CC2)[nH]1. The van der Waals surface area contributed by atoms with Crippen LogP contribution < -0.4 is 0 Å². The zero-order valence-corrected chi connectivity index (χ0v) is 10.7. The third kappa shape index (κ3) is 2.68. The van der Waals surface area contributed by atoms with Crippen molar-refractivity contribution in [3.63, 3.8) is 0 Å². The molecule has 0 bridgehead atoms. The summed E-state index contributed by atoms with van der Waals surface area (Å²) in [5.41, 5.74) is 0.904. The summed E-state index contributed by atoms with van der Waals surface area (Å²) in [6, 6.07) is 0. The Balaban J connectivity index is 2.04. The van der Waals surface area contributed by atoms with Gasteiger partial charge in [-0.3, -0.25) is 0 Å². The van der Waals surface area contributed by atoms with E-state index in [1.165, 1.54) is 20.0 Å². The first-order valence-electron chi connectivity index (χ1n) is 6.15. The molecule has 0 aromatic carbocycles. The molecule has 17 heavy (non-hydrogen) atoms. The lowest BCUT2D eigenvalue weighted by Gasteiger charge is -2.33. The average molecular weight is 236 g/mol. The summed E-state index contributed by atoms with van der Waals surface area (Å²) in [4.78, 5) is 18.7. The van der Waals surface area contributed by atoms with E-state index in [0.29, 0.717) is 17.0 Å². The van der Waals surface area contributed by atoms with Crippen LogP contribution in [-0.4, -0.2) is 23.0 Å². The minimum Gasteiger partial charge on any atom is -0.464 e. The lowest BCUT2D eigenvalue weighted by atomic mass is 9.73. The molecule has 1 saturated carbocycles. The molecule has 1 aliphatic rings. The van der Waals surface area contributed by atoms with Gasteiger partial charge in [0.15, 0.2) is 0 Å². The molecule has 1 aromatic heterocycles. The fraction of sp³-hybridized carbons (Fsp3) is 0.692. The highest BCUT2D eigenvalue weighted by atomic mass is 16.5. The van der Waals surface area contributed by atoms with E-state index in [-0.39, 0.29) is 5.97 Å². The number of carbonyl (C=O) groups excluding carboxylic acids is 1. The molecule has 4 nitrogen and oxygen atoms in total. The van der Waals surface area contributed by atoms with Crippen molar-refractivity contribution in [1.29, 1.82) is 0 Å². The second-order valence-electron chi connectivity index (χ2n) is 5.61. The van der Waals surface area contributed by atoms with Gasteiger partial charge in [0.05, 0.1) is 13.3 Å². The number of rotatable bonds is 2. The van der Waals surface area contributed by atoms with Gasteiger partial charge in [0.25, 0.3) is 0 Å². The first-order valence-corrected chi connectivity index (χ1v) is 6.15. The van der Waals surface area contributed by atoms with Gasteiger partial charge in [-0.05, 0) is 31.1 Å². The molecule has 0 radical (unpaired) electrons. The first-order chi connectivity index (χ1) is 8.02. The monoisotopic (exact) mass is 236 g/mol. The van der Waals surface area contributed by atoms with Crippen LogP contribution in [0.15, 0.2) is 6.20 Å². The van der Waals surface area contributed by atoms with Crippen LogP contribution in [0.3, 0.4) is 0 Å². The summed E-state index contributed by atoms with van der Waals surface area (Å²) in [6.07, 6.45) is 6.28. The van der Waals surface area contributed by atoms with Crippen LogP contribution in [0.1, 0.15) is 61.8 Å². The third-order valence-electron chi connectivity index (χ3n) is 3.73. The van der Waals surface area contributed by atoms with E-state index in [9.17, 15) is 4.79 Å². The Morgan fingerprint density at radius 1 is 1.47 bits per heavy atom. The highest BCUT2D eigenvalue weighted by molar-refractivity contribution is 5.86. The van der Waals surface area contributed by atoms with Crippen molar-refractivity contribution in [3.8, 4) is 0 Å². The number of carbonyl (C=O) groups is 1. The van der Waals surface area contributed by atoms with Crippen molar-refractivity contribution in [2.45, 2.75) is 45.4 Å². The summed E-state index contributed by atoms with van der Waals surface area (Å²) in [7, 11) is 1.38. The first kappa shape index (κ1) is 12.1. The topological polar surface area (TPSA) is 55.0 Å². The summed E-state index contributed by atoms with van der Waals surface area (Å²) in [5.74, 6) is 1.04. The summed E-state index contributed by atoms with van der Waals surface area (Å²) in [5, 5.41) is 0. The second-order valence-corrected chi connectivity index (χ2v) is 5.61. The molecule has 0 atom stereocenters. The van der Waals surface area contributed by atoms with Crippen molar-refractivity contribution >= 4 is 5.97 Å². The lowest BCUT2D eigenvalue weighted by molar-refractivity contribution is 0.0594. The number of nitrogens with zero attached hydrogens (tertiary/aromatic N) is 1. The fourth-order valence-corrected chi connectivity index (χ4v) is 2.43. The van der Waals surface area contributed by atoms with Crippen LogP contribution in [0, 0.1) is 5.41 Å². The Hall–Kier alpha value is -1.32. The molecule has 4 heteroatoms. The predicted molar refractivity (Wildman–Crippen MR) is 64.9 cm³/mol. The molecule has 1 fully saturated rings. The van der Waals surface area contributed by atoms with Crippen molar-refractivity contribution in [2.24, 2.45) is 5.41 Å². The minimum absolute atomic E-state index is 0.347. The minimum atomic E-state index is -0.347. The molecule has 1 heterocycles. The van der Waals surface area contributed by atoms with E-state index in [4.69, 9.17) is 0 Å². The predicted octanol–water partition coefficient (Wildman–Crippen LogP) is 2.88. The molecule has 0 aliphatic heterocycles. The molecule has 1 aromatic rings. The Morgan fingerprint density at radius 2 is 2.12 bits per heavy atom. The molecule has 0 amide bonds. The van der Waals surface area contributed by atoms with Crippen LogP contribution in [-0.2, 0) is 4.74 Å². The normalized spacial score (nSPS) is 20.2. The van der Waals surface area contributed by atoms with Crippen LogP contribution >= 0.6 is 0 Å². The number of aromatic amines is 1. The van der Waals surface area contributed by atoms with Gasteiger partial charge in [0.2, 0.25) is 0 Å². The van der Waals surface area contributed by atoms with Crippen LogP contribution in [0.5, 0.6) is 0 Å². The van der Waals surface area contributed by atoms with E-state index < -0.39 is 0 Å². The Morgan fingerprint density at radius 3 is 2.71 bits per heavy atom. The van der Waals surface area contributed by atoms with Crippen LogP contribution in [0.4, 0.5) is 0 Å². The van der Waals surface area contributed by atoms with Gasteiger partial charge < -0.3 is 9.72 Å². The number of ether oxygens (including phenoxy) is 1. The molecular formula is C13H20N2O2. The van der Waals surface area contributed by atoms with Crippen LogP contribution in [0.2, 0.25) is 0 Å². The number of H-pyrrole nitrogens is 1. The zero-order valence-electron chi connectivity index (χ0n) is 10.7. The maximum Gasteiger partial charge on any atom is 0.356 e. The van der Waals surface area contributed by atoms with Gasteiger partial charge in [0, 0.05) is 5.92 Å². The molecule has 0 unspecified atom stereocenters. The number of aromatic nitrogens is 2. The van der Waals surface area contributed by atoms with Gasteiger partial charge in [-0.15, -0.1) is 0 Å². The van der Waals surface area contributed by atoms with Crippen molar-refractivity contribution < 1.29 is 9.53 Å². The van der Waals surface area contributed by atoms with Crippen molar-refractivity contribution in [3.05, 3.63) is 17.7 Å². The molecule has 94 valence electrons. The second kappa shape index (κ2) is 4.51. The van der Waals surface area contributed by atoms with E-state index in [1.54, 1.807) is 6.20 Å². The Bertz CT molecular complexity index is 399. The van der Waals surface area contributed by atoms with Crippen LogP contribution in [0.25, 0.3) is 0 Å². The summed E-state index contributed by atoms with van der Waals surface area (Å²) >= 11 is 0. The molecule has 0 saturated heterocycles. The molecular weight excluding hydrogens is 216 g/mol. The van der Waals surface area contributed by atoms with Gasteiger partial charge in [-0.1, -0.05) is 13.8 Å². The zero-order chi connectivity index (χ0) is 12.5. The van der Waals surface area contributed by atoms with Crippen molar-refractivity contribution in [2.75, 3.05) is 7.11 Å². The molecule has 1 aliphatic carbocycles. The number of esters is 1. The van der Waals surface area contributed by atoms with Gasteiger partial charge in [-0.25, -0.2) is 9.78 Å². The third-order valence-corrected chi connectivity index (χ3v) is 3.73. The maximum absolute atomic E-state index is 11.3. The molecule has 2 rings (SSSR count). The van der Waals surface area contributed by atoms with E-state index >= 15 is 0 Å². The number of hydrogen-bond acceptors (Lipinski definition) is 3. The van der Waals surface area contributed by atoms with Crippen molar-refractivity contribution in [1.82, 2.24) is 9.97 Å². The fourth-order valence-electron chi connectivity index (χ4n) is 2.43. The maximum atomic E-state index is 11.3. The summed E-state index contributed by atoms with van der Waals surface area (Å²) in [6.45, 7) is 4.62. The lowest BCUT2D eigenvalue weighted by Crippen LogP contribution is -2.20. The molecule has 1 N–H and O–H groups in total. The molecule has 0 spiro atoms. The largest absolute Gasteiger partial charge is 0.464 e. The highest BCUT2D eigenvalue weighted by Crippen LogP contribution is 2.41. The van der Waals surface area contributed by atoms with E-state index in [1.807, 2.05) is 0 Å². The number of methoxy groups -OCH3 is 1. The number of imidazole rings is 1. The Labute approximate surface area is 102 Å².